The molecule has 0 aromatic rings. The van der Waals surface area contributed by atoms with Crippen LogP contribution in [0.4, 0.5) is 0 Å². The Labute approximate surface area is 396 Å². The first kappa shape index (κ1) is 51.8. The van der Waals surface area contributed by atoms with Gasteiger partial charge in [-0.1, -0.05) is 70.6 Å². The highest BCUT2D eigenvalue weighted by molar-refractivity contribution is 5.83. The fourth-order valence-corrected chi connectivity index (χ4v) is 11.0. The Morgan fingerprint density at radius 1 is 0.955 bits per heavy atom. The van der Waals surface area contributed by atoms with Crippen LogP contribution in [0.2, 0.25) is 0 Å². The number of aliphatic hydroxyl groups is 2. The third-order valence-corrected chi connectivity index (χ3v) is 15.0. The van der Waals surface area contributed by atoms with Crippen molar-refractivity contribution in [3.8, 4) is 0 Å². The first-order valence-corrected chi connectivity index (χ1v) is 24.5. The third kappa shape index (κ3) is 11.1. The zero-order valence-corrected chi connectivity index (χ0v) is 41.3. The summed E-state index contributed by atoms with van der Waals surface area (Å²) >= 11 is 0. The maximum absolute atomic E-state index is 14.4. The standard InChI is InChI=1S/C52H76O15/c1-12-28(3)47-31(6)19-20-51(67-47)26-37-22-36(66-51)18-17-30(5)46(29(4)15-14-16-35-27-60-49-45(54)32(7)21-39(50(55)63-37)52(35,49)56)64-44-25-41(58-11)48(34(9)62-44)65-43-24-40(57-10)38(33(8)61-43)23-42(53)59-13-2/h14-17,19-21,23,28-29,31,33-34,36-37,39-41,43-49,54,56H,12-13,18,22,24-27H2,1-11H3/b15-14+,30-17+,35-16+,38-23+. The number of aliphatic hydroxyl groups excluding tert-OH is 1. The molecule has 2 bridgehead atoms. The lowest BCUT2D eigenvalue weighted by Crippen LogP contribution is -2.58. The van der Waals surface area contributed by atoms with E-state index in [1.807, 2.05) is 39.0 Å². The minimum Gasteiger partial charge on any atom is -0.463 e. The molecule has 19 atom stereocenters. The predicted molar refractivity (Wildman–Crippen MR) is 246 cm³/mol. The van der Waals surface area contributed by atoms with Gasteiger partial charge in [-0.05, 0) is 75.3 Å². The molecule has 15 nitrogen and oxygen atoms in total. The molecular weight excluding hydrogens is 865 g/mol. The quantitative estimate of drug-likeness (QED) is 0.138. The molecule has 0 aromatic heterocycles. The number of hydrogen-bond donors (Lipinski definition) is 2. The summed E-state index contributed by atoms with van der Waals surface area (Å²) in [4.78, 5) is 26.7. The maximum atomic E-state index is 14.4. The van der Waals surface area contributed by atoms with Crippen LogP contribution in [0.1, 0.15) is 101 Å². The Balaban J connectivity index is 1.15. The highest BCUT2D eigenvalue weighted by Gasteiger charge is 2.60. The molecule has 7 rings (SSSR count). The van der Waals surface area contributed by atoms with Crippen molar-refractivity contribution in [2.75, 3.05) is 27.4 Å². The fraction of sp³-hybridized carbons (Fsp3) is 0.731. The van der Waals surface area contributed by atoms with Crippen LogP contribution >= 0.6 is 0 Å². The van der Waals surface area contributed by atoms with Gasteiger partial charge >= 0.3 is 11.9 Å². The Morgan fingerprint density at radius 2 is 1.72 bits per heavy atom. The van der Waals surface area contributed by atoms with Gasteiger partial charge in [-0.2, -0.15) is 0 Å². The molecule has 6 aliphatic heterocycles. The van der Waals surface area contributed by atoms with Gasteiger partial charge in [0.05, 0.1) is 55.9 Å². The molecular formula is C52H76O15. The SMILES string of the molecule is CCOC(=O)/C=C1\C(C)OC(OC2C(C)OC(OC3/C(C)=C/CC4CC(CC5(C=CC(C)C(C(C)CC)O5)O4)OC(=O)C4C=C(C)C(O)C5OC/C(=C\C=C\C3C)C45O)CC2OC)CC1OC. The van der Waals surface area contributed by atoms with Crippen molar-refractivity contribution in [2.24, 2.45) is 23.7 Å². The normalized spacial score (nSPS) is 45.8. The van der Waals surface area contributed by atoms with Gasteiger partial charge in [-0.3, -0.25) is 4.79 Å². The number of fused-ring (bicyclic) bond motifs is 2. The Bertz CT molecular complexity index is 1940. The minimum atomic E-state index is -1.85. The lowest BCUT2D eigenvalue weighted by molar-refractivity contribution is -0.305. The van der Waals surface area contributed by atoms with Gasteiger partial charge in [-0.15, -0.1) is 0 Å². The van der Waals surface area contributed by atoms with Crippen LogP contribution in [-0.4, -0.2) is 141 Å². The molecule has 374 valence electrons. The van der Waals surface area contributed by atoms with E-state index in [9.17, 15) is 19.8 Å². The van der Waals surface area contributed by atoms with E-state index in [1.54, 1.807) is 40.2 Å². The van der Waals surface area contributed by atoms with E-state index >= 15 is 0 Å². The number of methoxy groups -OCH3 is 2. The van der Waals surface area contributed by atoms with Crippen LogP contribution in [0.5, 0.6) is 0 Å². The van der Waals surface area contributed by atoms with Gasteiger partial charge in [-0.25, -0.2) is 4.79 Å². The number of ether oxygens (including phenoxy) is 11. The van der Waals surface area contributed by atoms with E-state index in [-0.39, 0.29) is 43.5 Å². The molecule has 67 heavy (non-hydrogen) atoms. The summed E-state index contributed by atoms with van der Waals surface area (Å²) in [5.41, 5.74) is 0.783. The number of carbonyl (C=O) groups excluding carboxylic acids is 2. The second-order valence-electron chi connectivity index (χ2n) is 19.7. The monoisotopic (exact) mass is 941 g/mol. The van der Waals surface area contributed by atoms with E-state index in [1.165, 1.54) is 6.08 Å². The van der Waals surface area contributed by atoms with Crippen molar-refractivity contribution in [3.63, 3.8) is 0 Å². The molecule has 19 unspecified atom stereocenters. The smallest absolute Gasteiger partial charge is 0.330 e. The molecule has 0 amide bonds. The van der Waals surface area contributed by atoms with Crippen LogP contribution in [-0.2, 0) is 61.7 Å². The van der Waals surface area contributed by atoms with E-state index < -0.39 is 103 Å². The summed E-state index contributed by atoms with van der Waals surface area (Å²) in [6, 6.07) is 0. The fourth-order valence-electron chi connectivity index (χ4n) is 11.0. The lowest BCUT2D eigenvalue weighted by Gasteiger charge is -2.48. The van der Waals surface area contributed by atoms with Crippen LogP contribution in [0.15, 0.2) is 70.9 Å². The van der Waals surface area contributed by atoms with E-state index in [0.29, 0.717) is 42.4 Å². The predicted octanol–water partition coefficient (Wildman–Crippen LogP) is 6.51. The Kier molecular flexibility index (Phi) is 16.9. The number of carbonyl (C=O) groups is 2. The summed E-state index contributed by atoms with van der Waals surface area (Å²) < 4.78 is 69.6. The Hall–Kier alpha value is -3.06. The summed E-state index contributed by atoms with van der Waals surface area (Å²) in [5, 5.41) is 23.8. The molecule has 4 fully saturated rings. The first-order chi connectivity index (χ1) is 31.9. The maximum Gasteiger partial charge on any atom is 0.330 e. The van der Waals surface area contributed by atoms with Gasteiger partial charge < -0.3 is 62.3 Å². The molecule has 1 aliphatic carbocycles. The molecule has 6 heterocycles. The van der Waals surface area contributed by atoms with Crippen molar-refractivity contribution >= 4 is 11.9 Å². The molecule has 15 heteroatoms. The lowest BCUT2D eigenvalue weighted by atomic mass is 9.71. The second kappa shape index (κ2) is 21.9. The number of rotatable bonds is 10. The van der Waals surface area contributed by atoms with E-state index in [2.05, 4.69) is 39.8 Å². The van der Waals surface area contributed by atoms with Gasteiger partial charge in [0.25, 0.3) is 0 Å². The van der Waals surface area contributed by atoms with Gasteiger partial charge in [0.15, 0.2) is 18.4 Å². The van der Waals surface area contributed by atoms with Crippen molar-refractivity contribution in [2.45, 2.75) is 192 Å². The largest absolute Gasteiger partial charge is 0.463 e. The average Bonchev–Trinajstić information content (AvgIpc) is 3.63. The van der Waals surface area contributed by atoms with E-state index in [4.69, 9.17) is 52.1 Å². The minimum absolute atomic E-state index is 0.0226. The Morgan fingerprint density at radius 3 is 2.43 bits per heavy atom. The summed E-state index contributed by atoms with van der Waals surface area (Å²) in [7, 11) is 3.24. The molecule has 4 saturated heterocycles. The van der Waals surface area contributed by atoms with Gasteiger partial charge in [0.2, 0.25) is 0 Å². The highest BCUT2D eigenvalue weighted by Crippen LogP contribution is 2.47. The second-order valence-corrected chi connectivity index (χ2v) is 19.7. The molecule has 7 aliphatic rings. The highest BCUT2D eigenvalue weighted by atomic mass is 16.7. The zero-order valence-electron chi connectivity index (χ0n) is 41.3. The van der Waals surface area contributed by atoms with Gasteiger partial charge in [0, 0.05) is 57.8 Å². The number of esters is 2. The van der Waals surface area contributed by atoms with Gasteiger partial charge in [0.1, 0.15) is 35.9 Å². The van der Waals surface area contributed by atoms with Crippen molar-refractivity contribution in [3.05, 3.63) is 70.9 Å². The first-order valence-electron chi connectivity index (χ1n) is 24.5. The van der Waals surface area contributed by atoms with Crippen LogP contribution < -0.4 is 0 Å². The molecule has 0 radical (unpaired) electrons. The van der Waals surface area contributed by atoms with E-state index in [0.717, 1.165) is 12.0 Å². The van der Waals surface area contributed by atoms with Crippen LogP contribution in [0, 0.1) is 23.7 Å². The number of allylic oxidation sites excluding steroid dienone is 2. The van der Waals surface area contributed by atoms with Crippen LogP contribution in [0.3, 0.4) is 0 Å². The summed E-state index contributed by atoms with van der Waals surface area (Å²) in [6.45, 7) is 18.1. The topological polar surface area (TPSA) is 176 Å². The number of hydrogen-bond acceptors (Lipinski definition) is 15. The molecule has 0 aromatic carbocycles. The van der Waals surface area contributed by atoms with Crippen LogP contribution in [0.25, 0.3) is 0 Å². The third-order valence-electron chi connectivity index (χ3n) is 15.0. The van der Waals surface area contributed by atoms with Crippen molar-refractivity contribution in [1.82, 2.24) is 0 Å². The zero-order chi connectivity index (χ0) is 48.4. The van der Waals surface area contributed by atoms with Crippen molar-refractivity contribution < 1.29 is 71.9 Å². The van der Waals surface area contributed by atoms with Crippen molar-refractivity contribution in [1.29, 1.82) is 0 Å². The molecule has 0 saturated carbocycles. The molecule has 1 spiro atoms. The summed E-state index contributed by atoms with van der Waals surface area (Å²) in [6.07, 6.45) is 10.4. The average molecular weight is 941 g/mol. The summed E-state index contributed by atoms with van der Waals surface area (Å²) in [5.74, 6) is -3.07. The molecule has 2 N–H and O–H groups in total.